The third-order valence-corrected chi connectivity index (χ3v) is 4.56. The molecule has 0 aliphatic carbocycles. The predicted octanol–water partition coefficient (Wildman–Crippen LogP) is 4.53. The average molecular weight is 324 g/mol. The highest BCUT2D eigenvalue weighted by molar-refractivity contribution is 7.99. The molecule has 0 atom stereocenters. The van der Waals surface area contributed by atoms with E-state index >= 15 is 0 Å². The molecule has 0 radical (unpaired) electrons. The predicted molar refractivity (Wildman–Crippen MR) is 86.6 cm³/mol. The third-order valence-electron chi connectivity index (χ3n) is 2.77. The Morgan fingerprint density at radius 1 is 1.38 bits per heavy atom. The van der Waals surface area contributed by atoms with Crippen LogP contribution in [-0.4, -0.2) is 16.6 Å². The number of nitrogens with one attached hydrogen (secondary N) is 1. The lowest BCUT2D eigenvalue weighted by atomic mass is 10.2. The normalized spacial score (nSPS) is 10.9. The fourth-order valence-corrected chi connectivity index (χ4v) is 3.32. The van der Waals surface area contributed by atoms with Gasteiger partial charge in [-0.3, -0.25) is 4.79 Å². The highest BCUT2D eigenvalue weighted by Gasteiger charge is 2.08. The summed E-state index contributed by atoms with van der Waals surface area (Å²) < 4.78 is 12.8. The van der Waals surface area contributed by atoms with Crippen molar-refractivity contribution in [2.45, 2.75) is 31.1 Å². The Balaban J connectivity index is 1.75. The quantitative estimate of drug-likeness (QED) is 0.794. The number of hydrogen-bond acceptors (Lipinski definition) is 4. The number of aromatic nitrogens is 1. The van der Waals surface area contributed by atoms with Crippen LogP contribution in [0.15, 0.2) is 34.5 Å². The SMILES string of the molecule is CC(C)c1csc(NC(=O)CCSc2ccc(F)cc2)n1. The highest BCUT2D eigenvalue weighted by atomic mass is 32.2. The first-order valence-corrected chi connectivity index (χ1v) is 8.55. The van der Waals surface area contributed by atoms with Gasteiger partial charge in [0.1, 0.15) is 5.82 Å². The van der Waals surface area contributed by atoms with Crippen molar-refractivity contribution in [2.75, 3.05) is 11.1 Å². The molecule has 0 aliphatic heterocycles. The molecule has 0 fully saturated rings. The number of halogens is 1. The van der Waals surface area contributed by atoms with Crippen LogP contribution in [0.1, 0.15) is 31.9 Å². The fourth-order valence-electron chi connectivity index (χ4n) is 1.58. The Morgan fingerprint density at radius 2 is 2.10 bits per heavy atom. The van der Waals surface area contributed by atoms with Crippen LogP contribution >= 0.6 is 23.1 Å². The summed E-state index contributed by atoms with van der Waals surface area (Å²) in [5.41, 5.74) is 0.996. The van der Waals surface area contributed by atoms with E-state index in [2.05, 4.69) is 24.1 Å². The van der Waals surface area contributed by atoms with E-state index in [1.54, 1.807) is 12.1 Å². The molecule has 0 spiro atoms. The number of carbonyl (C=O) groups is 1. The maximum atomic E-state index is 12.8. The number of nitrogens with zero attached hydrogens (tertiary/aromatic N) is 1. The Kier molecular flexibility index (Phi) is 5.76. The topological polar surface area (TPSA) is 42.0 Å². The van der Waals surface area contributed by atoms with Crippen LogP contribution in [0.3, 0.4) is 0 Å². The lowest BCUT2D eigenvalue weighted by Gasteiger charge is -2.03. The van der Waals surface area contributed by atoms with Gasteiger partial charge in [0.05, 0.1) is 5.69 Å². The zero-order valence-electron chi connectivity index (χ0n) is 11.9. The molecule has 2 rings (SSSR count). The van der Waals surface area contributed by atoms with Crippen molar-refractivity contribution in [1.82, 2.24) is 4.98 Å². The minimum atomic E-state index is -0.248. The van der Waals surface area contributed by atoms with Crippen molar-refractivity contribution in [2.24, 2.45) is 0 Å². The molecule has 1 heterocycles. The van der Waals surface area contributed by atoms with Gasteiger partial charge >= 0.3 is 0 Å². The fraction of sp³-hybridized carbons (Fsp3) is 0.333. The van der Waals surface area contributed by atoms with E-state index in [4.69, 9.17) is 0 Å². The number of hydrogen-bond donors (Lipinski definition) is 1. The molecule has 1 amide bonds. The van der Waals surface area contributed by atoms with E-state index in [-0.39, 0.29) is 11.7 Å². The zero-order chi connectivity index (χ0) is 15.2. The van der Waals surface area contributed by atoms with Crippen LogP contribution in [0.4, 0.5) is 9.52 Å². The van der Waals surface area contributed by atoms with Gasteiger partial charge in [-0.25, -0.2) is 9.37 Å². The first-order chi connectivity index (χ1) is 10.0. The Bertz CT molecular complexity index is 596. The summed E-state index contributed by atoms with van der Waals surface area (Å²) in [5.74, 6) is 0.719. The Morgan fingerprint density at radius 3 is 2.71 bits per heavy atom. The molecule has 112 valence electrons. The summed E-state index contributed by atoms with van der Waals surface area (Å²) in [4.78, 5) is 17.1. The van der Waals surface area contributed by atoms with Gasteiger partial charge < -0.3 is 5.32 Å². The van der Waals surface area contributed by atoms with Crippen molar-refractivity contribution in [1.29, 1.82) is 0 Å². The molecule has 0 saturated heterocycles. The first-order valence-electron chi connectivity index (χ1n) is 6.68. The number of anilines is 1. The standard InChI is InChI=1S/C15H17FN2OS2/c1-10(2)13-9-21-15(17-13)18-14(19)7-8-20-12-5-3-11(16)4-6-12/h3-6,9-10H,7-8H2,1-2H3,(H,17,18,19). The molecule has 0 aliphatic rings. The van der Waals surface area contributed by atoms with Crippen molar-refractivity contribution in [3.05, 3.63) is 41.2 Å². The second kappa shape index (κ2) is 7.56. The summed E-state index contributed by atoms with van der Waals surface area (Å²) in [6.07, 6.45) is 0.401. The summed E-state index contributed by atoms with van der Waals surface area (Å²) in [6.45, 7) is 4.14. The second-order valence-corrected chi connectivity index (χ2v) is 6.86. The molecule has 2 aromatic rings. The number of thiazole rings is 1. The average Bonchev–Trinajstić information content (AvgIpc) is 2.90. The summed E-state index contributed by atoms with van der Waals surface area (Å²) in [5, 5.41) is 5.42. The van der Waals surface area contributed by atoms with Crippen molar-refractivity contribution in [3.8, 4) is 0 Å². The van der Waals surface area contributed by atoms with Crippen LogP contribution in [0, 0.1) is 5.82 Å². The third kappa shape index (κ3) is 5.13. The Hall–Kier alpha value is -1.40. The smallest absolute Gasteiger partial charge is 0.226 e. The molecule has 21 heavy (non-hydrogen) atoms. The molecule has 1 aromatic heterocycles. The number of rotatable bonds is 6. The van der Waals surface area contributed by atoms with Crippen molar-refractivity contribution < 1.29 is 9.18 Å². The summed E-state index contributed by atoms with van der Waals surface area (Å²) in [7, 11) is 0. The van der Waals surface area contributed by atoms with Gasteiger partial charge in [-0.05, 0) is 30.2 Å². The minimum absolute atomic E-state index is 0.0470. The van der Waals surface area contributed by atoms with E-state index in [9.17, 15) is 9.18 Å². The van der Waals surface area contributed by atoms with Crippen LogP contribution < -0.4 is 5.32 Å². The number of benzene rings is 1. The van der Waals surface area contributed by atoms with Gasteiger partial charge in [0.15, 0.2) is 5.13 Å². The molecule has 0 unspecified atom stereocenters. The number of carbonyl (C=O) groups excluding carboxylic acids is 1. The van der Waals surface area contributed by atoms with Crippen molar-refractivity contribution in [3.63, 3.8) is 0 Å². The van der Waals surface area contributed by atoms with Crippen LogP contribution in [0.2, 0.25) is 0 Å². The minimum Gasteiger partial charge on any atom is -0.302 e. The van der Waals surface area contributed by atoms with E-state index in [1.165, 1.54) is 35.2 Å². The van der Waals surface area contributed by atoms with E-state index in [0.29, 0.717) is 23.2 Å². The van der Waals surface area contributed by atoms with E-state index in [1.807, 2.05) is 5.38 Å². The molecule has 6 heteroatoms. The van der Waals surface area contributed by atoms with Crippen LogP contribution in [0.25, 0.3) is 0 Å². The molecule has 0 saturated carbocycles. The van der Waals surface area contributed by atoms with Gasteiger partial charge in [0.2, 0.25) is 5.91 Å². The highest BCUT2D eigenvalue weighted by Crippen LogP contribution is 2.22. The molecular weight excluding hydrogens is 307 g/mol. The maximum Gasteiger partial charge on any atom is 0.226 e. The summed E-state index contributed by atoms with van der Waals surface area (Å²) >= 11 is 2.98. The second-order valence-electron chi connectivity index (χ2n) is 4.83. The van der Waals surface area contributed by atoms with E-state index in [0.717, 1.165) is 10.6 Å². The first kappa shape index (κ1) is 16.0. The molecule has 1 aromatic carbocycles. The molecule has 0 bridgehead atoms. The molecule has 3 nitrogen and oxygen atoms in total. The van der Waals surface area contributed by atoms with Gasteiger partial charge in [-0.2, -0.15) is 0 Å². The van der Waals surface area contributed by atoms with Gasteiger partial charge in [0, 0.05) is 22.4 Å². The number of amides is 1. The lowest BCUT2D eigenvalue weighted by Crippen LogP contribution is -2.12. The molecule has 1 N–H and O–H groups in total. The summed E-state index contributed by atoms with van der Waals surface area (Å²) in [6, 6.07) is 6.28. The van der Waals surface area contributed by atoms with Gasteiger partial charge in [-0.1, -0.05) is 13.8 Å². The zero-order valence-corrected chi connectivity index (χ0v) is 13.6. The van der Waals surface area contributed by atoms with Crippen LogP contribution in [-0.2, 0) is 4.79 Å². The van der Waals surface area contributed by atoms with Gasteiger partial charge in [-0.15, -0.1) is 23.1 Å². The molecular formula is C15H17FN2OS2. The number of thioether (sulfide) groups is 1. The van der Waals surface area contributed by atoms with E-state index < -0.39 is 0 Å². The monoisotopic (exact) mass is 324 g/mol. The Labute approximate surface area is 132 Å². The van der Waals surface area contributed by atoms with Gasteiger partial charge in [0.25, 0.3) is 0 Å². The maximum absolute atomic E-state index is 12.8. The largest absolute Gasteiger partial charge is 0.302 e. The van der Waals surface area contributed by atoms with Crippen molar-refractivity contribution >= 4 is 34.1 Å². The lowest BCUT2D eigenvalue weighted by molar-refractivity contribution is -0.115. The van der Waals surface area contributed by atoms with Crippen LogP contribution in [0.5, 0.6) is 0 Å².